The lowest BCUT2D eigenvalue weighted by Gasteiger charge is -2.17. The summed E-state index contributed by atoms with van der Waals surface area (Å²) in [5, 5.41) is 4.06. The summed E-state index contributed by atoms with van der Waals surface area (Å²) in [5.41, 5.74) is 2.45. The van der Waals surface area contributed by atoms with Gasteiger partial charge in [0.2, 0.25) is 0 Å². The summed E-state index contributed by atoms with van der Waals surface area (Å²) in [4.78, 5) is 12.4. The van der Waals surface area contributed by atoms with Crippen LogP contribution >= 0.6 is 39.1 Å². The average Bonchev–Trinajstić information content (AvgIpc) is 2.41. The predicted molar refractivity (Wildman–Crippen MR) is 91.2 cm³/mol. The maximum atomic E-state index is 12.4. The molecular weight excluding hydrogens is 373 g/mol. The Morgan fingerprint density at radius 3 is 2.62 bits per heavy atom. The van der Waals surface area contributed by atoms with E-state index in [1.54, 1.807) is 18.2 Å². The van der Waals surface area contributed by atoms with Crippen LogP contribution in [0.25, 0.3) is 0 Å². The molecule has 0 bridgehead atoms. The van der Waals surface area contributed by atoms with Crippen LogP contribution in [0, 0.1) is 6.92 Å². The largest absolute Gasteiger partial charge is 0.345 e. The summed E-state index contributed by atoms with van der Waals surface area (Å²) < 4.78 is 0.803. The molecule has 1 unspecified atom stereocenters. The van der Waals surface area contributed by atoms with Gasteiger partial charge in [0, 0.05) is 14.5 Å². The third kappa shape index (κ3) is 3.79. The SMILES string of the molecule is Cc1cccc(C(=O)NC(C)c2ccc(Cl)cc2Cl)c1Br. The molecule has 2 aromatic rings. The number of halogens is 3. The third-order valence-electron chi connectivity index (χ3n) is 3.21. The van der Waals surface area contributed by atoms with Gasteiger partial charge in [0.05, 0.1) is 11.6 Å². The van der Waals surface area contributed by atoms with E-state index in [-0.39, 0.29) is 11.9 Å². The molecule has 21 heavy (non-hydrogen) atoms. The van der Waals surface area contributed by atoms with Gasteiger partial charge in [0.1, 0.15) is 0 Å². The molecule has 110 valence electrons. The summed E-state index contributed by atoms with van der Waals surface area (Å²) in [6.45, 7) is 3.83. The van der Waals surface area contributed by atoms with E-state index in [0.29, 0.717) is 15.6 Å². The van der Waals surface area contributed by atoms with Gasteiger partial charge >= 0.3 is 0 Å². The second-order valence-electron chi connectivity index (χ2n) is 4.80. The summed E-state index contributed by atoms with van der Waals surface area (Å²) in [7, 11) is 0. The summed E-state index contributed by atoms with van der Waals surface area (Å²) in [6, 6.07) is 10.6. The molecule has 0 aliphatic rings. The lowest BCUT2D eigenvalue weighted by Crippen LogP contribution is -2.27. The van der Waals surface area contributed by atoms with Crippen LogP contribution in [0.4, 0.5) is 0 Å². The highest BCUT2D eigenvalue weighted by molar-refractivity contribution is 9.10. The Kier molecular flexibility index (Phi) is 5.31. The van der Waals surface area contributed by atoms with E-state index in [1.165, 1.54) is 0 Å². The molecule has 5 heteroatoms. The molecular formula is C16H14BrCl2NO. The Balaban J connectivity index is 2.21. The Morgan fingerprint density at radius 2 is 1.95 bits per heavy atom. The lowest BCUT2D eigenvalue weighted by atomic mass is 10.1. The molecule has 0 aliphatic heterocycles. The van der Waals surface area contributed by atoms with Gasteiger partial charge < -0.3 is 5.32 Å². The first-order chi connectivity index (χ1) is 9.90. The number of nitrogens with one attached hydrogen (secondary N) is 1. The zero-order valence-electron chi connectivity index (χ0n) is 11.6. The number of aryl methyl sites for hydroxylation is 1. The van der Waals surface area contributed by atoms with Crippen LogP contribution in [0.1, 0.15) is 34.5 Å². The van der Waals surface area contributed by atoms with Crippen LogP contribution in [0.3, 0.4) is 0 Å². The van der Waals surface area contributed by atoms with Gasteiger partial charge in [-0.2, -0.15) is 0 Å². The Labute approximate surface area is 142 Å². The van der Waals surface area contributed by atoms with Crippen LogP contribution in [0.5, 0.6) is 0 Å². The molecule has 0 saturated carbocycles. The maximum Gasteiger partial charge on any atom is 0.252 e. The summed E-state index contributed by atoms with van der Waals surface area (Å²) in [6.07, 6.45) is 0. The minimum atomic E-state index is -0.213. The van der Waals surface area contributed by atoms with Crippen molar-refractivity contribution < 1.29 is 4.79 Å². The van der Waals surface area contributed by atoms with Crippen LogP contribution in [0.2, 0.25) is 10.0 Å². The average molecular weight is 387 g/mol. The minimum Gasteiger partial charge on any atom is -0.345 e. The number of carbonyl (C=O) groups is 1. The van der Waals surface area contributed by atoms with Crippen LogP contribution in [0.15, 0.2) is 40.9 Å². The van der Waals surface area contributed by atoms with Crippen LogP contribution < -0.4 is 5.32 Å². The predicted octanol–water partition coefficient (Wildman–Crippen LogP) is 5.56. The minimum absolute atomic E-state index is 0.149. The van der Waals surface area contributed by atoms with Crippen molar-refractivity contribution in [1.82, 2.24) is 5.32 Å². The summed E-state index contributed by atoms with van der Waals surface area (Å²) in [5.74, 6) is -0.149. The third-order valence-corrected chi connectivity index (χ3v) is 4.83. The van der Waals surface area contributed by atoms with Crippen molar-refractivity contribution in [1.29, 1.82) is 0 Å². The lowest BCUT2D eigenvalue weighted by molar-refractivity contribution is 0.0939. The highest BCUT2D eigenvalue weighted by atomic mass is 79.9. The van der Waals surface area contributed by atoms with Gasteiger partial charge in [-0.15, -0.1) is 0 Å². The highest BCUT2D eigenvalue weighted by Crippen LogP contribution is 2.27. The number of hydrogen-bond acceptors (Lipinski definition) is 1. The van der Waals surface area contributed by atoms with Gasteiger partial charge in [-0.05, 0) is 59.1 Å². The van der Waals surface area contributed by atoms with Crippen molar-refractivity contribution in [3.8, 4) is 0 Å². The molecule has 0 spiro atoms. The van der Waals surface area contributed by atoms with E-state index in [9.17, 15) is 4.79 Å². The standard InChI is InChI=1S/C16H14BrCl2NO/c1-9-4-3-5-13(15(9)17)16(21)20-10(2)12-7-6-11(18)8-14(12)19/h3-8,10H,1-2H3,(H,20,21). The molecule has 1 N–H and O–H groups in total. The second-order valence-corrected chi connectivity index (χ2v) is 6.43. The molecule has 0 radical (unpaired) electrons. The van der Waals surface area contributed by atoms with Gasteiger partial charge in [-0.1, -0.05) is 41.4 Å². The van der Waals surface area contributed by atoms with E-state index in [2.05, 4.69) is 21.2 Å². The second kappa shape index (κ2) is 6.82. The maximum absolute atomic E-state index is 12.4. The number of hydrogen-bond donors (Lipinski definition) is 1. The smallest absolute Gasteiger partial charge is 0.252 e. The normalized spacial score (nSPS) is 12.0. The van der Waals surface area contributed by atoms with Crippen molar-refractivity contribution in [3.63, 3.8) is 0 Å². The van der Waals surface area contributed by atoms with E-state index in [1.807, 2.05) is 32.0 Å². The van der Waals surface area contributed by atoms with E-state index in [4.69, 9.17) is 23.2 Å². The quantitative estimate of drug-likeness (QED) is 0.735. The monoisotopic (exact) mass is 385 g/mol. The van der Waals surface area contributed by atoms with Gasteiger partial charge in [0.25, 0.3) is 5.91 Å². The first-order valence-corrected chi connectivity index (χ1v) is 7.96. The summed E-state index contributed by atoms with van der Waals surface area (Å²) >= 11 is 15.5. The zero-order chi connectivity index (χ0) is 15.6. The fraction of sp³-hybridized carbons (Fsp3) is 0.188. The molecule has 0 aliphatic carbocycles. The zero-order valence-corrected chi connectivity index (χ0v) is 14.7. The Bertz CT molecular complexity index is 688. The number of benzene rings is 2. The molecule has 2 nitrogen and oxygen atoms in total. The molecule has 2 aromatic carbocycles. The fourth-order valence-corrected chi connectivity index (χ4v) is 3.04. The Morgan fingerprint density at radius 1 is 1.24 bits per heavy atom. The Hall–Kier alpha value is -1.03. The van der Waals surface area contributed by atoms with Crippen molar-refractivity contribution in [2.75, 3.05) is 0 Å². The van der Waals surface area contributed by atoms with E-state index in [0.717, 1.165) is 15.6 Å². The van der Waals surface area contributed by atoms with E-state index < -0.39 is 0 Å². The van der Waals surface area contributed by atoms with Gasteiger partial charge in [-0.25, -0.2) is 0 Å². The van der Waals surface area contributed by atoms with Crippen molar-refractivity contribution in [2.24, 2.45) is 0 Å². The van der Waals surface area contributed by atoms with Crippen molar-refractivity contribution in [3.05, 3.63) is 67.6 Å². The van der Waals surface area contributed by atoms with Crippen LogP contribution in [-0.4, -0.2) is 5.91 Å². The first kappa shape index (κ1) is 16.3. The fourth-order valence-electron chi connectivity index (χ4n) is 2.03. The highest BCUT2D eigenvalue weighted by Gasteiger charge is 2.16. The molecule has 1 atom stereocenters. The molecule has 0 fully saturated rings. The molecule has 0 saturated heterocycles. The topological polar surface area (TPSA) is 29.1 Å². The molecule has 0 heterocycles. The van der Waals surface area contributed by atoms with Gasteiger partial charge in [0.15, 0.2) is 0 Å². The number of rotatable bonds is 3. The van der Waals surface area contributed by atoms with Crippen LogP contribution in [-0.2, 0) is 0 Å². The molecule has 2 rings (SSSR count). The molecule has 0 aromatic heterocycles. The molecule has 1 amide bonds. The number of carbonyl (C=O) groups excluding carboxylic acids is 1. The van der Waals surface area contributed by atoms with Gasteiger partial charge in [-0.3, -0.25) is 4.79 Å². The van der Waals surface area contributed by atoms with Crippen molar-refractivity contribution in [2.45, 2.75) is 19.9 Å². The van der Waals surface area contributed by atoms with Crippen molar-refractivity contribution >= 4 is 45.0 Å². The van der Waals surface area contributed by atoms with E-state index >= 15 is 0 Å². The number of amides is 1. The first-order valence-electron chi connectivity index (χ1n) is 6.41.